The molecule has 0 unspecified atom stereocenters. The molecule has 30 heavy (non-hydrogen) atoms. The third-order valence-corrected chi connectivity index (χ3v) is 3.90. The summed E-state index contributed by atoms with van der Waals surface area (Å²) in [6.45, 7) is 1.07. The number of hydrogen-bond acceptors (Lipinski definition) is 6. The van der Waals surface area contributed by atoms with Gasteiger partial charge in [0, 0.05) is 19.3 Å². The molecule has 0 bridgehead atoms. The normalized spacial score (nSPS) is 10.2. The lowest BCUT2D eigenvalue weighted by Gasteiger charge is -2.16. The smallest absolute Gasteiger partial charge is 0.328 e. The Bertz CT molecular complexity index is 825. The SMILES string of the molecule is COCOc1ccc(CCN)c(Cl)c1OCc1ccccc1.O=C(O)/C=C\C(=O)O. The van der Waals surface area contributed by atoms with Crippen LogP contribution in [-0.2, 0) is 27.4 Å². The molecule has 4 N–H and O–H groups in total. The van der Waals surface area contributed by atoms with Gasteiger partial charge in [-0.25, -0.2) is 9.59 Å². The second-order valence-corrected chi connectivity index (χ2v) is 6.12. The predicted octanol–water partition coefficient (Wildman–Crippen LogP) is 3.11. The molecule has 0 fully saturated rings. The van der Waals surface area contributed by atoms with E-state index in [1.54, 1.807) is 7.11 Å². The van der Waals surface area contributed by atoms with Gasteiger partial charge in [0.1, 0.15) is 6.61 Å². The van der Waals surface area contributed by atoms with Crippen molar-refractivity contribution >= 4 is 23.5 Å². The average molecular weight is 438 g/mol. The van der Waals surface area contributed by atoms with Crippen LogP contribution in [0.2, 0.25) is 5.02 Å². The molecule has 0 radical (unpaired) electrons. The van der Waals surface area contributed by atoms with Crippen LogP contribution < -0.4 is 15.2 Å². The second-order valence-electron chi connectivity index (χ2n) is 5.74. The van der Waals surface area contributed by atoms with Crippen LogP contribution in [-0.4, -0.2) is 42.6 Å². The molecule has 0 saturated carbocycles. The van der Waals surface area contributed by atoms with Crippen molar-refractivity contribution in [2.45, 2.75) is 13.0 Å². The first-order chi connectivity index (χ1) is 14.4. The quantitative estimate of drug-likeness (QED) is 0.382. The zero-order chi connectivity index (χ0) is 22.4. The fourth-order valence-corrected chi connectivity index (χ4v) is 2.48. The Kier molecular flexibility index (Phi) is 11.7. The minimum Gasteiger partial charge on any atom is -0.483 e. The van der Waals surface area contributed by atoms with Gasteiger partial charge in [-0.3, -0.25) is 0 Å². The molecule has 9 heteroatoms. The number of carbonyl (C=O) groups is 2. The fourth-order valence-electron chi connectivity index (χ4n) is 2.17. The van der Waals surface area contributed by atoms with Gasteiger partial charge in [-0.2, -0.15) is 0 Å². The molecular weight excluding hydrogens is 414 g/mol. The molecule has 2 aromatic carbocycles. The van der Waals surface area contributed by atoms with Gasteiger partial charge in [0.2, 0.25) is 0 Å². The molecule has 0 aliphatic rings. The van der Waals surface area contributed by atoms with Gasteiger partial charge in [-0.1, -0.05) is 48.0 Å². The highest BCUT2D eigenvalue weighted by Crippen LogP contribution is 2.38. The summed E-state index contributed by atoms with van der Waals surface area (Å²) >= 11 is 6.44. The van der Waals surface area contributed by atoms with Gasteiger partial charge >= 0.3 is 11.9 Å². The zero-order valence-electron chi connectivity index (χ0n) is 16.4. The van der Waals surface area contributed by atoms with Gasteiger partial charge in [-0.05, 0) is 30.2 Å². The molecule has 0 amide bonds. The highest BCUT2D eigenvalue weighted by molar-refractivity contribution is 6.33. The maximum Gasteiger partial charge on any atom is 0.328 e. The molecule has 0 aliphatic heterocycles. The Morgan fingerprint density at radius 1 is 1.03 bits per heavy atom. The van der Waals surface area contributed by atoms with E-state index in [4.69, 9.17) is 41.8 Å². The third-order valence-electron chi connectivity index (χ3n) is 3.48. The molecular formula is C21H24ClNO7. The molecule has 2 rings (SSSR count). The number of carboxylic acid groups (broad SMARTS) is 2. The second kappa shape index (κ2) is 14.0. The first-order valence-corrected chi connectivity index (χ1v) is 9.20. The first-order valence-electron chi connectivity index (χ1n) is 8.82. The van der Waals surface area contributed by atoms with Crippen LogP contribution in [0.5, 0.6) is 11.5 Å². The van der Waals surface area contributed by atoms with E-state index in [2.05, 4.69) is 0 Å². The Hall–Kier alpha value is -3.07. The maximum absolute atomic E-state index is 9.55. The van der Waals surface area contributed by atoms with E-state index in [0.717, 1.165) is 11.1 Å². The van der Waals surface area contributed by atoms with Crippen LogP contribution in [0, 0.1) is 0 Å². The number of aliphatic carboxylic acids is 2. The van der Waals surface area contributed by atoms with E-state index in [1.165, 1.54) is 0 Å². The largest absolute Gasteiger partial charge is 0.483 e. The fraction of sp³-hybridized carbons (Fsp3) is 0.238. The first kappa shape index (κ1) is 25.0. The monoisotopic (exact) mass is 437 g/mol. The van der Waals surface area contributed by atoms with Crippen LogP contribution in [0.1, 0.15) is 11.1 Å². The summed E-state index contributed by atoms with van der Waals surface area (Å²) in [4.78, 5) is 19.1. The predicted molar refractivity (Wildman–Crippen MR) is 112 cm³/mol. The van der Waals surface area contributed by atoms with E-state index in [-0.39, 0.29) is 6.79 Å². The van der Waals surface area contributed by atoms with Gasteiger partial charge in [-0.15, -0.1) is 0 Å². The lowest BCUT2D eigenvalue weighted by atomic mass is 10.1. The van der Waals surface area contributed by atoms with E-state index >= 15 is 0 Å². The van der Waals surface area contributed by atoms with E-state index < -0.39 is 11.9 Å². The van der Waals surface area contributed by atoms with Crippen molar-refractivity contribution in [1.82, 2.24) is 0 Å². The molecule has 0 aromatic heterocycles. The summed E-state index contributed by atoms with van der Waals surface area (Å²) in [5.74, 6) is -1.43. The van der Waals surface area contributed by atoms with Gasteiger partial charge < -0.3 is 30.2 Å². The lowest BCUT2D eigenvalue weighted by molar-refractivity contribution is -0.134. The molecule has 0 atom stereocenters. The van der Waals surface area contributed by atoms with Crippen molar-refractivity contribution in [2.24, 2.45) is 5.73 Å². The number of nitrogens with two attached hydrogens (primary N) is 1. The van der Waals surface area contributed by atoms with E-state index in [0.29, 0.717) is 48.2 Å². The Balaban J connectivity index is 0.000000479. The topological polar surface area (TPSA) is 128 Å². The zero-order valence-corrected chi connectivity index (χ0v) is 17.2. The highest BCUT2D eigenvalue weighted by Gasteiger charge is 2.14. The maximum atomic E-state index is 9.55. The highest BCUT2D eigenvalue weighted by atomic mass is 35.5. The lowest BCUT2D eigenvalue weighted by Crippen LogP contribution is -2.07. The van der Waals surface area contributed by atoms with Crippen molar-refractivity contribution in [3.63, 3.8) is 0 Å². The Morgan fingerprint density at radius 2 is 1.67 bits per heavy atom. The van der Waals surface area contributed by atoms with E-state index in [1.807, 2.05) is 42.5 Å². The Labute approximate surface area is 179 Å². The summed E-state index contributed by atoms with van der Waals surface area (Å²) in [5.41, 5.74) is 7.61. The summed E-state index contributed by atoms with van der Waals surface area (Å²) in [6, 6.07) is 13.6. The minimum absolute atomic E-state index is 0.133. The molecule has 0 spiro atoms. The summed E-state index contributed by atoms with van der Waals surface area (Å²) in [7, 11) is 1.56. The molecule has 0 aliphatic carbocycles. The number of benzene rings is 2. The molecule has 2 aromatic rings. The number of halogens is 1. The van der Waals surface area contributed by atoms with Crippen LogP contribution in [0.3, 0.4) is 0 Å². The third kappa shape index (κ3) is 9.42. The average Bonchev–Trinajstić information content (AvgIpc) is 2.73. The van der Waals surface area contributed by atoms with Crippen molar-refractivity contribution in [1.29, 1.82) is 0 Å². The van der Waals surface area contributed by atoms with Crippen molar-refractivity contribution in [3.8, 4) is 11.5 Å². The van der Waals surface area contributed by atoms with Crippen LogP contribution >= 0.6 is 11.6 Å². The number of methoxy groups -OCH3 is 1. The Morgan fingerprint density at radius 3 is 2.20 bits per heavy atom. The number of rotatable bonds is 10. The summed E-state index contributed by atoms with van der Waals surface area (Å²) < 4.78 is 16.4. The summed E-state index contributed by atoms with van der Waals surface area (Å²) in [6.07, 6.45) is 1.80. The molecule has 162 valence electrons. The number of ether oxygens (including phenoxy) is 3. The number of hydrogen-bond donors (Lipinski definition) is 3. The van der Waals surface area contributed by atoms with Crippen molar-refractivity contribution in [3.05, 3.63) is 70.8 Å². The number of carboxylic acids is 2. The molecule has 0 heterocycles. The van der Waals surface area contributed by atoms with Gasteiger partial charge in [0.05, 0.1) is 5.02 Å². The van der Waals surface area contributed by atoms with Crippen molar-refractivity contribution < 1.29 is 34.0 Å². The van der Waals surface area contributed by atoms with Crippen LogP contribution in [0.25, 0.3) is 0 Å². The van der Waals surface area contributed by atoms with Crippen molar-refractivity contribution in [2.75, 3.05) is 20.4 Å². The molecule has 0 saturated heterocycles. The van der Waals surface area contributed by atoms with Gasteiger partial charge in [0.25, 0.3) is 0 Å². The summed E-state index contributed by atoms with van der Waals surface area (Å²) in [5, 5.41) is 16.2. The van der Waals surface area contributed by atoms with Gasteiger partial charge in [0.15, 0.2) is 18.3 Å². The molecule has 8 nitrogen and oxygen atoms in total. The van der Waals surface area contributed by atoms with Crippen LogP contribution in [0.4, 0.5) is 0 Å². The van der Waals surface area contributed by atoms with E-state index in [9.17, 15) is 9.59 Å². The minimum atomic E-state index is -1.26. The standard InChI is InChI=1S/C17H20ClNO3.C4H4O4/c1-20-12-22-15-8-7-14(9-10-19)16(18)17(15)21-11-13-5-3-2-4-6-13;5-3(6)1-2-4(7)8/h2-8H,9-12,19H2,1H3;1-2H,(H,5,6)(H,7,8)/b;2-1-. The van der Waals surface area contributed by atoms with Crippen LogP contribution in [0.15, 0.2) is 54.6 Å².